The highest BCUT2D eigenvalue weighted by Crippen LogP contribution is 2.04. The van der Waals surface area contributed by atoms with E-state index in [0.29, 0.717) is 19.5 Å². The first-order valence-electron chi connectivity index (χ1n) is 4.44. The third kappa shape index (κ3) is 3.03. The Balaban J connectivity index is 2.58. The fourth-order valence-electron chi connectivity index (χ4n) is 1.24. The summed E-state index contributed by atoms with van der Waals surface area (Å²) in [5.41, 5.74) is 2.36. The Morgan fingerprint density at radius 1 is 1.64 bits per heavy atom. The topological polar surface area (TPSA) is 49.4 Å². The van der Waals surface area contributed by atoms with E-state index in [1.165, 1.54) is 5.54 Å². The summed E-state index contributed by atoms with van der Waals surface area (Å²) < 4.78 is 0. The van der Waals surface area contributed by atoms with E-state index in [9.17, 15) is 9.59 Å². The summed E-state index contributed by atoms with van der Waals surface area (Å²) in [6.07, 6.45) is 0.362. The van der Waals surface area contributed by atoms with E-state index < -0.39 is 0 Å². The average molecular weight is 217 g/mol. The third-order valence-electron chi connectivity index (χ3n) is 2.02. The Kier molecular flexibility index (Phi) is 3.95. The third-order valence-corrected chi connectivity index (χ3v) is 2.40. The van der Waals surface area contributed by atoms with Crippen LogP contribution in [0.4, 0.5) is 0 Å². The SMILES string of the molecule is C/C(=C\Cl)CN1CCC(=O)NCC1=O. The van der Waals surface area contributed by atoms with Crippen molar-refractivity contribution in [2.24, 2.45) is 0 Å². The second kappa shape index (κ2) is 5.00. The fourth-order valence-corrected chi connectivity index (χ4v) is 1.31. The molecule has 0 aromatic carbocycles. The molecular weight excluding hydrogens is 204 g/mol. The van der Waals surface area contributed by atoms with Gasteiger partial charge < -0.3 is 10.2 Å². The number of rotatable bonds is 2. The number of halogens is 1. The highest BCUT2D eigenvalue weighted by Gasteiger charge is 2.19. The molecule has 1 rings (SSSR count). The van der Waals surface area contributed by atoms with E-state index in [4.69, 9.17) is 11.6 Å². The second-order valence-corrected chi connectivity index (χ2v) is 3.52. The number of nitrogens with zero attached hydrogens (tertiary/aromatic N) is 1. The van der Waals surface area contributed by atoms with Crippen molar-refractivity contribution in [1.29, 1.82) is 0 Å². The Labute approximate surface area is 87.9 Å². The quantitative estimate of drug-likeness (QED) is 0.730. The molecule has 1 aliphatic heterocycles. The molecule has 0 aromatic heterocycles. The summed E-state index contributed by atoms with van der Waals surface area (Å²) in [6.45, 7) is 2.90. The van der Waals surface area contributed by atoms with Gasteiger partial charge in [0.25, 0.3) is 0 Å². The van der Waals surface area contributed by atoms with Gasteiger partial charge in [0.05, 0.1) is 6.54 Å². The van der Waals surface area contributed by atoms with Gasteiger partial charge in [-0.1, -0.05) is 11.6 Å². The first-order valence-corrected chi connectivity index (χ1v) is 4.87. The zero-order chi connectivity index (χ0) is 10.6. The van der Waals surface area contributed by atoms with Crippen LogP contribution in [0.2, 0.25) is 0 Å². The Morgan fingerprint density at radius 3 is 3.00 bits per heavy atom. The lowest BCUT2D eigenvalue weighted by Crippen LogP contribution is -2.36. The van der Waals surface area contributed by atoms with Crippen molar-refractivity contribution in [3.63, 3.8) is 0 Å². The lowest BCUT2D eigenvalue weighted by atomic mass is 10.3. The molecular formula is C9H13ClN2O2. The van der Waals surface area contributed by atoms with Crippen LogP contribution >= 0.6 is 11.6 Å². The summed E-state index contributed by atoms with van der Waals surface area (Å²) in [4.78, 5) is 24.1. The van der Waals surface area contributed by atoms with E-state index in [2.05, 4.69) is 5.32 Å². The predicted octanol–water partition coefficient (Wildman–Crippen LogP) is 0.478. The van der Waals surface area contributed by atoms with Crippen LogP contribution in [-0.2, 0) is 9.59 Å². The van der Waals surface area contributed by atoms with Gasteiger partial charge in [-0.05, 0) is 12.5 Å². The maximum absolute atomic E-state index is 11.5. The Bertz CT molecular complexity index is 276. The average Bonchev–Trinajstić information content (AvgIpc) is 2.33. The van der Waals surface area contributed by atoms with Crippen LogP contribution in [-0.4, -0.2) is 36.3 Å². The molecule has 1 aliphatic rings. The van der Waals surface area contributed by atoms with E-state index in [0.717, 1.165) is 5.57 Å². The normalized spacial score (nSPS) is 19.3. The van der Waals surface area contributed by atoms with Crippen LogP contribution in [0.3, 0.4) is 0 Å². The number of carbonyl (C=O) groups excluding carboxylic acids is 2. The molecule has 0 spiro atoms. The lowest BCUT2D eigenvalue weighted by molar-refractivity contribution is -0.129. The molecule has 2 amide bonds. The minimum Gasteiger partial charge on any atom is -0.347 e. The molecule has 1 N–H and O–H groups in total. The molecule has 1 fully saturated rings. The van der Waals surface area contributed by atoms with Gasteiger partial charge in [0, 0.05) is 25.0 Å². The lowest BCUT2D eigenvalue weighted by Gasteiger charge is -2.19. The molecule has 1 saturated heterocycles. The van der Waals surface area contributed by atoms with E-state index >= 15 is 0 Å². The largest absolute Gasteiger partial charge is 0.347 e. The van der Waals surface area contributed by atoms with Crippen molar-refractivity contribution in [2.45, 2.75) is 13.3 Å². The van der Waals surface area contributed by atoms with Crippen LogP contribution in [0.1, 0.15) is 13.3 Å². The molecule has 4 nitrogen and oxygen atoms in total. The first-order chi connectivity index (χ1) is 6.63. The summed E-state index contributed by atoms with van der Waals surface area (Å²) in [5.74, 6) is -0.137. The van der Waals surface area contributed by atoms with Gasteiger partial charge in [-0.3, -0.25) is 9.59 Å². The van der Waals surface area contributed by atoms with E-state index in [1.54, 1.807) is 4.90 Å². The van der Waals surface area contributed by atoms with Gasteiger partial charge >= 0.3 is 0 Å². The zero-order valence-electron chi connectivity index (χ0n) is 8.05. The van der Waals surface area contributed by atoms with Crippen molar-refractivity contribution in [2.75, 3.05) is 19.6 Å². The monoisotopic (exact) mass is 216 g/mol. The van der Waals surface area contributed by atoms with E-state index in [-0.39, 0.29) is 18.4 Å². The molecule has 0 unspecified atom stereocenters. The molecule has 0 aromatic rings. The van der Waals surface area contributed by atoms with Gasteiger partial charge in [-0.15, -0.1) is 0 Å². The molecule has 78 valence electrons. The van der Waals surface area contributed by atoms with Gasteiger partial charge in [-0.2, -0.15) is 0 Å². The predicted molar refractivity (Wildman–Crippen MR) is 53.8 cm³/mol. The highest BCUT2D eigenvalue weighted by molar-refractivity contribution is 6.25. The smallest absolute Gasteiger partial charge is 0.242 e. The summed E-state index contributed by atoms with van der Waals surface area (Å²) in [5, 5.41) is 2.53. The van der Waals surface area contributed by atoms with Crippen LogP contribution < -0.4 is 5.32 Å². The molecule has 0 radical (unpaired) electrons. The first kappa shape index (κ1) is 11.0. The van der Waals surface area contributed by atoms with Crippen LogP contribution in [0, 0.1) is 0 Å². The summed E-state index contributed by atoms with van der Waals surface area (Å²) in [6, 6.07) is 0. The Morgan fingerprint density at radius 2 is 2.36 bits per heavy atom. The number of hydrogen-bond acceptors (Lipinski definition) is 2. The standard InChI is InChI=1S/C9H13ClN2O2/c1-7(4-10)6-12-3-2-8(13)11-5-9(12)14/h4H,2-3,5-6H2,1H3,(H,11,13)/b7-4+. The molecule has 0 saturated carbocycles. The Hall–Kier alpha value is -1.03. The zero-order valence-corrected chi connectivity index (χ0v) is 8.80. The molecule has 1 heterocycles. The minimum atomic E-state index is -0.0756. The fraction of sp³-hybridized carbons (Fsp3) is 0.556. The van der Waals surface area contributed by atoms with Gasteiger partial charge in [0.15, 0.2) is 0 Å². The highest BCUT2D eigenvalue weighted by atomic mass is 35.5. The second-order valence-electron chi connectivity index (χ2n) is 3.30. The van der Waals surface area contributed by atoms with Gasteiger partial charge in [-0.25, -0.2) is 0 Å². The van der Waals surface area contributed by atoms with Crippen LogP contribution in [0.25, 0.3) is 0 Å². The maximum atomic E-state index is 11.5. The van der Waals surface area contributed by atoms with Crippen LogP contribution in [0.15, 0.2) is 11.1 Å². The minimum absolute atomic E-state index is 0.0614. The number of amides is 2. The summed E-state index contributed by atoms with van der Waals surface area (Å²) in [7, 11) is 0. The van der Waals surface area contributed by atoms with Crippen molar-refractivity contribution in [1.82, 2.24) is 10.2 Å². The molecule has 14 heavy (non-hydrogen) atoms. The maximum Gasteiger partial charge on any atom is 0.242 e. The van der Waals surface area contributed by atoms with Crippen molar-refractivity contribution in [3.8, 4) is 0 Å². The number of nitrogens with one attached hydrogen (secondary N) is 1. The van der Waals surface area contributed by atoms with Crippen molar-refractivity contribution >= 4 is 23.4 Å². The molecule has 0 aliphatic carbocycles. The van der Waals surface area contributed by atoms with Gasteiger partial charge in [0.1, 0.15) is 0 Å². The number of carbonyl (C=O) groups is 2. The van der Waals surface area contributed by atoms with Crippen molar-refractivity contribution in [3.05, 3.63) is 11.1 Å². The number of hydrogen-bond donors (Lipinski definition) is 1. The van der Waals surface area contributed by atoms with E-state index in [1.807, 2.05) is 6.92 Å². The molecule has 0 atom stereocenters. The van der Waals surface area contributed by atoms with Crippen molar-refractivity contribution < 1.29 is 9.59 Å². The van der Waals surface area contributed by atoms with Crippen LogP contribution in [0.5, 0.6) is 0 Å². The van der Waals surface area contributed by atoms with Gasteiger partial charge in [0.2, 0.25) is 11.8 Å². The summed E-state index contributed by atoms with van der Waals surface area (Å²) >= 11 is 5.51. The molecule has 5 heteroatoms. The molecule has 0 bridgehead atoms.